The van der Waals surface area contributed by atoms with Crippen molar-refractivity contribution in [2.45, 2.75) is 25.9 Å². The van der Waals surface area contributed by atoms with Crippen LogP contribution in [0.25, 0.3) is 0 Å². The number of carboxylic acids is 1. The van der Waals surface area contributed by atoms with Crippen LogP contribution in [0.3, 0.4) is 0 Å². The maximum absolute atomic E-state index is 12.3. The third-order valence-electron chi connectivity index (χ3n) is 4.92. The van der Waals surface area contributed by atoms with E-state index in [9.17, 15) is 14.7 Å². The lowest BCUT2D eigenvalue weighted by molar-refractivity contribution is -0.154. The van der Waals surface area contributed by atoms with Gasteiger partial charge in [0, 0.05) is 37.7 Å². The van der Waals surface area contributed by atoms with E-state index in [2.05, 4.69) is 10.3 Å². The summed E-state index contributed by atoms with van der Waals surface area (Å²) in [5.41, 5.74) is 0.821. The van der Waals surface area contributed by atoms with Crippen LogP contribution in [0.5, 0.6) is 5.75 Å². The van der Waals surface area contributed by atoms with Crippen molar-refractivity contribution in [3.63, 3.8) is 0 Å². The third-order valence-corrected chi connectivity index (χ3v) is 4.92. The lowest BCUT2D eigenvalue weighted by Gasteiger charge is -2.33. The minimum Gasteiger partial charge on any atom is -0.489 e. The summed E-state index contributed by atoms with van der Waals surface area (Å²) in [7, 11) is 0. The zero-order chi connectivity index (χ0) is 19.8. The predicted molar refractivity (Wildman–Crippen MR) is 102 cm³/mol. The summed E-state index contributed by atoms with van der Waals surface area (Å²) in [5.74, 6) is -0.431. The van der Waals surface area contributed by atoms with E-state index in [1.165, 1.54) is 0 Å². The van der Waals surface area contributed by atoms with Crippen molar-refractivity contribution in [3.8, 4) is 5.75 Å². The van der Waals surface area contributed by atoms with Crippen molar-refractivity contribution in [3.05, 3.63) is 59.9 Å². The first-order chi connectivity index (χ1) is 13.6. The van der Waals surface area contributed by atoms with Gasteiger partial charge in [0.15, 0.2) is 0 Å². The Balaban J connectivity index is 1.53. The molecule has 0 radical (unpaired) electrons. The van der Waals surface area contributed by atoms with Crippen LogP contribution < -0.4 is 10.1 Å². The molecule has 1 aromatic heterocycles. The number of amides is 1. The Kier molecular flexibility index (Phi) is 6.60. The number of benzene rings is 1. The van der Waals surface area contributed by atoms with E-state index in [1.807, 2.05) is 36.4 Å². The molecule has 0 saturated carbocycles. The number of aromatic nitrogens is 1. The van der Waals surface area contributed by atoms with E-state index >= 15 is 0 Å². The van der Waals surface area contributed by atoms with Gasteiger partial charge >= 0.3 is 5.97 Å². The van der Waals surface area contributed by atoms with Crippen molar-refractivity contribution in [2.24, 2.45) is 5.41 Å². The SMILES string of the molecule is O=C(Cc1cccc(OCc2cccnc2)c1)NCC1(C(=O)O)CCOCC1. The molecular formula is C21H24N2O5. The van der Waals surface area contributed by atoms with Crippen LogP contribution in [0, 0.1) is 5.41 Å². The zero-order valence-electron chi connectivity index (χ0n) is 15.6. The highest BCUT2D eigenvalue weighted by Gasteiger charge is 2.40. The van der Waals surface area contributed by atoms with Crippen molar-refractivity contribution >= 4 is 11.9 Å². The van der Waals surface area contributed by atoms with E-state index in [0.717, 1.165) is 11.1 Å². The maximum atomic E-state index is 12.3. The first-order valence-electron chi connectivity index (χ1n) is 9.26. The smallest absolute Gasteiger partial charge is 0.311 e. The first-order valence-corrected chi connectivity index (χ1v) is 9.26. The number of carbonyl (C=O) groups is 2. The van der Waals surface area contributed by atoms with Gasteiger partial charge in [0.1, 0.15) is 12.4 Å². The second kappa shape index (κ2) is 9.32. The summed E-state index contributed by atoms with van der Waals surface area (Å²) < 4.78 is 11.0. The second-order valence-corrected chi connectivity index (χ2v) is 6.95. The molecule has 0 unspecified atom stereocenters. The van der Waals surface area contributed by atoms with Crippen LogP contribution >= 0.6 is 0 Å². The Morgan fingerprint density at radius 3 is 2.68 bits per heavy atom. The van der Waals surface area contributed by atoms with Crippen molar-refractivity contribution in [1.29, 1.82) is 0 Å². The lowest BCUT2D eigenvalue weighted by atomic mass is 9.80. The molecule has 0 aliphatic carbocycles. The van der Waals surface area contributed by atoms with Crippen LogP contribution in [0.15, 0.2) is 48.8 Å². The molecule has 1 fully saturated rings. The molecular weight excluding hydrogens is 360 g/mol. The van der Waals surface area contributed by atoms with Gasteiger partial charge in [-0.3, -0.25) is 14.6 Å². The van der Waals surface area contributed by atoms with Gasteiger partial charge in [-0.15, -0.1) is 0 Å². The van der Waals surface area contributed by atoms with E-state index in [1.54, 1.807) is 12.4 Å². The highest BCUT2D eigenvalue weighted by molar-refractivity contribution is 5.80. The zero-order valence-corrected chi connectivity index (χ0v) is 15.6. The molecule has 148 valence electrons. The largest absolute Gasteiger partial charge is 0.489 e. The number of hydrogen-bond acceptors (Lipinski definition) is 5. The van der Waals surface area contributed by atoms with Gasteiger partial charge in [-0.1, -0.05) is 18.2 Å². The molecule has 1 saturated heterocycles. The fraction of sp³-hybridized carbons (Fsp3) is 0.381. The summed E-state index contributed by atoms with van der Waals surface area (Å²) in [6, 6.07) is 11.1. The number of carbonyl (C=O) groups excluding carboxylic acids is 1. The summed E-state index contributed by atoms with van der Waals surface area (Å²) in [6.45, 7) is 1.31. The van der Waals surface area contributed by atoms with Crippen molar-refractivity contribution in [2.75, 3.05) is 19.8 Å². The van der Waals surface area contributed by atoms with Crippen LogP contribution in [0.2, 0.25) is 0 Å². The number of rotatable bonds is 8. The second-order valence-electron chi connectivity index (χ2n) is 6.95. The molecule has 0 atom stereocenters. The average Bonchev–Trinajstić information content (AvgIpc) is 2.72. The van der Waals surface area contributed by atoms with Gasteiger partial charge in [-0.2, -0.15) is 0 Å². The summed E-state index contributed by atoms with van der Waals surface area (Å²) >= 11 is 0. The highest BCUT2D eigenvalue weighted by atomic mass is 16.5. The normalized spacial score (nSPS) is 15.6. The minimum absolute atomic E-state index is 0.113. The topological polar surface area (TPSA) is 97.8 Å². The molecule has 1 aliphatic heterocycles. The minimum atomic E-state index is -0.942. The molecule has 3 rings (SSSR count). The Bertz CT molecular complexity index is 803. The van der Waals surface area contributed by atoms with E-state index in [-0.39, 0.29) is 18.9 Å². The number of pyridine rings is 1. The Hall–Kier alpha value is -2.93. The standard InChI is InChI=1S/C21H24N2O5/c24-19(23-15-21(20(25)26)6-9-27-10-7-21)12-16-3-1-5-18(11-16)28-14-17-4-2-8-22-13-17/h1-5,8,11,13H,6-7,9-10,12,14-15H2,(H,23,24)(H,25,26). The number of aliphatic carboxylic acids is 1. The highest BCUT2D eigenvalue weighted by Crippen LogP contribution is 2.30. The number of hydrogen-bond donors (Lipinski definition) is 2. The lowest BCUT2D eigenvalue weighted by Crippen LogP contribution is -2.46. The molecule has 0 spiro atoms. The van der Waals surface area contributed by atoms with Gasteiger partial charge in [0.25, 0.3) is 0 Å². The predicted octanol–water partition coefficient (Wildman–Crippen LogP) is 2.20. The number of ether oxygens (including phenoxy) is 2. The molecule has 7 heteroatoms. The summed E-state index contributed by atoms with van der Waals surface area (Å²) in [4.78, 5) is 28.0. The van der Waals surface area contributed by atoms with Crippen LogP contribution in [-0.2, 0) is 27.4 Å². The third kappa shape index (κ3) is 5.29. The molecule has 28 heavy (non-hydrogen) atoms. The van der Waals surface area contributed by atoms with Gasteiger partial charge in [-0.25, -0.2) is 0 Å². The molecule has 1 aliphatic rings. The van der Waals surface area contributed by atoms with Gasteiger partial charge < -0.3 is 19.9 Å². The van der Waals surface area contributed by atoms with E-state index < -0.39 is 11.4 Å². The molecule has 1 amide bonds. The monoisotopic (exact) mass is 384 g/mol. The van der Waals surface area contributed by atoms with Gasteiger partial charge in [0.2, 0.25) is 5.91 Å². The quantitative estimate of drug-likeness (QED) is 0.724. The van der Waals surface area contributed by atoms with Crippen LogP contribution in [0.4, 0.5) is 0 Å². The molecule has 1 aromatic carbocycles. The Morgan fingerprint density at radius 2 is 1.96 bits per heavy atom. The number of nitrogens with one attached hydrogen (secondary N) is 1. The molecule has 7 nitrogen and oxygen atoms in total. The average molecular weight is 384 g/mol. The van der Waals surface area contributed by atoms with E-state index in [0.29, 0.717) is 38.4 Å². The number of nitrogens with zero attached hydrogens (tertiary/aromatic N) is 1. The summed E-state index contributed by atoms with van der Waals surface area (Å²) in [6.07, 6.45) is 4.42. The van der Waals surface area contributed by atoms with Crippen molar-refractivity contribution < 1.29 is 24.2 Å². The van der Waals surface area contributed by atoms with Crippen molar-refractivity contribution in [1.82, 2.24) is 10.3 Å². The summed E-state index contributed by atoms with van der Waals surface area (Å²) in [5, 5.41) is 12.3. The molecule has 2 aromatic rings. The Morgan fingerprint density at radius 1 is 1.18 bits per heavy atom. The van der Waals surface area contributed by atoms with E-state index in [4.69, 9.17) is 9.47 Å². The molecule has 0 bridgehead atoms. The molecule has 2 heterocycles. The Labute approximate surface area is 163 Å². The fourth-order valence-electron chi connectivity index (χ4n) is 3.14. The first kappa shape index (κ1) is 19.8. The molecule has 2 N–H and O–H groups in total. The fourth-order valence-corrected chi connectivity index (χ4v) is 3.14. The number of carboxylic acid groups (broad SMARTS) is 1. The maximum Gasteiger partial charge on any atom is 0.311 e. The van der Waals surface area contributed by atoms with Gasteiger partial charge in [0.05, 0.1) is 11.8 Å². The van der Waals surface area contributed by atoms with Gasteiger partial charge in [-0.05, 0) is 36.6 Å². The van der Waals surface area contributed by atoms with Crippen LogP contribution in [-0.4, -0.2) is 41.7 Å². The van der Waals surface area contributed by atoms with Crippen LogP contribution in [0.1, 0.15) is 24.0 Å².